The number of fused-ring (bicyclic) bond motifs is 2. The highest BCUT2D eigenvalue weighted by molar-refractivity contribution is 5.94. The number of carbonyl (C=O) groups is 6. The molecule has 0 spiro atoms. The zero-order valence-electron chi connectivity index (χ0n) is 32.1. The monoisotopic (exact) mass is 802 g/mol. The molecule has 0 saturated carbocycles. The lowest BCUT2D eigenvalue weighted by Crippen LogP contribution is -2.53. The maximum atomic E-state index is 14.0. The number of carboxylic acids is 1. The number of aryl methyl sites for hydroxylation is 1. The lowest BCUT2D eigenvalue weighted by Gasteiger charge is -2.24. The zero-order chi connectivity index (χ0) is 41.9. The number of oxime groups is 1. The van der Waals surface area contributed by atoms with Crippen LogP contribution < -0.4 is 38.1 Å². The zero-order valence-corrected chi connectivity index (χ0v) is 32.1. The van der Waals surface area contributed by atoms with Crippen molar-refractivity contribution >= 4 is 47.7 Å². The molecular formula is C38H50N12O8. The molecule has 0 fully saturated rings. The van der Waals surface area contributed by atoms with Crippen LogP contribution in [0, 0.1) is 6.92 Å². The number of hydrogen-bond acceptors (Lipinski definition) is 11. The van der Waals surface area contributed by atoms with Crippen LogP contribution in [0.1, 0.15) is 73.0 Å². The third kappa shape index (κ3) is 15.0. The van der Waals surface area contributed by atoms with E-state index in [9.17, 15) is 33.9 Å². The predicted octanol–water partition coefficient (Wildman–Crippen LogP) is -0.507. The fraction of sp³-hybridized carbons (Fsp3) is 0.421. The molecule has 2 bridgehead atoms. The summed E-state index contributed by atoms with van der Waals surface area (Å²) in [7, 11) is 0. The molecule has 2 heterocycles. The first kappa shape index (κ1) is 43.9. The molecule has 58 heavy (non-hydrogen) atoms. The highest BCUT2D eigenvalue weighted by atomic mass is 16.6. The molecule has 0 unspecified atom stereocenters. The van der Waals surface area contributed by atoms with E-state index in [1.54, 1.807) is 0 Å². The van der Waals surface area contributed by atoms with Crippen LogP contribution in [-0.2, 0) is 40.0 Å². The van der Waals surface area contributed by atoms with Gasteiger partial charge >= 0.3 is 5.97 Å². The lowest BCUT2D eigenvalue weighted by atomic mass is 10.0. The van der Waals surface area contributed by atoms with E-state index < -0.39 is 66.7 Å². The maximum absolute atomic E-state index is 14.0. The Bertz CT molecular complexity index is 1910. The second-order valence-corrected chi connectivity index (χ2v) is 13.6. The van der Waals surface area contributed by atoms with E-state index >= 15 is 0 Å². The molecule has 5 amide bonds. The van der Waals surface area contributed by atoms with E-state index in [0.29, 0.717) is 12.8 Å². The van der Waals surface area contributed by atoms with Crippen LogP contribution in [0.5, 0.6) is 0 Å². The molecule has 4 atom stereocenters. The molecule has 1 aliphatic heterocycles. The number of nitrogens with one attached hydrogen (secondary N) is 5. The van der Waals surface area contributed by atoms with Gasteiger partial charge < -0.3 is 48.0 Å². The molecule has 0 radical (unpaired) electrons. The van der Waals surface area contributed by atoms with Crippen LogP contribution in [0.3, 0.4) is 0 Å². The third-order valence-electron chi connectivity index (χ3n) is 8.91. The van der Waals surface area contributed by atoms with E-state index in [1.807, 2.05) is 61.5 Å². The number of hydrogen-bond donors (Lipinski definition) is 8. The summed E-state index contributed by atoms with van der Waals surface area (Å²) in [5.74, 6) is -4.80. The van der Waals surface area contributed by atoms with Crippen molar-refractivity contribution in [2.45, 2.75) is 76.0 Å². The predicted molar refractivity (Wildman–Crippen MR) is 211 cm³/mol. The topological polar surface area (TPSA) is 299 Å². The van der Waals surface area contributed by atoms with Gasteiger partial charge in [-0.05, 0) is 56.6 Å². The second kappa shape index (κ2) is 22.6. The van der Waals surface area contributed by atoms with E-state index in [-0.39, 0.29) is 62.9 Å². The minimum atomic E-state index is -1.50. The number of aliphatic imine (C=N–C) groups is 1. The van der Waals surface area contributed by atoms with Crippen LogP contribution in [0.2, 0.25) is 0 Å². The van der Waals surface area contributed by atoms with Crippen molar-refractivity contribution in [1.82, 2.24) is 41.6 Å². The largest absolute Gasteiger partial charge is 0.481 e. The Morgan fingerprint density at radius 3 is 2.40 bits per heavy atom. The highest BCUT2D eigenvalue weighted by Crippen LogP contribution is 2.21. The minimum absolute atomic E-state index is 0.0810. The molecule has 0 aliphatic carbocycles. The van der Waals surface area contributed by atoms with E-state index in [0.717, 1.165) is 16.7 Å². The number of rotatable bonds is 17. The van der Waals surface area contributed by atoms with Crippen LogP contribution in [0.25, 0.3) is 0 Å². The fourth-order valence-corrected chi connectivity index (χ4v) is 5.89. The van der Waals surface area contributed by atoms with Crippen molar-refractivity contribution < 1.29 is 38.7 Å². The number of carboxylic acid groups (broad SMARTS) is 1. The summed E-state index contributed by atoms with van der Waals surface area (Å²) in [6.07, 6.45) is 3.91. The van der Waals surface area contributed by atoms with Gasteiger partial charge in [0.25, 0.3) is 5.91 Å². The van der Waals surface area contributed by atoms with Crippen molar-refractivity contribution in [3.8, 4) is 0 Å². The molecule has 10 N–H and O–H groups in total. The van der Waals surface area contributed by atoms with E-state index in [1.165, 1.54) is 17.1 Å². The van der Waals surface area contributed by atoms with E-state index in [4.69, 9.17) is 16.3 Å². The first-order chi connectivity index (χ1) is 27.9. The second-order valence-electron chi connectivity index (χ2n) is 13.6. The third-order valence-corrected chi connectivity index (χ3v) is 8.91. The SMILES string of the molecule is Cc1ccc(/C=N\OCC(=O)NCCCC[C@H]2C(=O)N[C@@H](CCCN=C(N)N)C(=O)NCC(=O)N[C@@H](CC(=O)O)C(=O)N[C@@H](Cc3ccccc3)c3cn2nn3)cc1. The summed E-state index contributed by atoms with van der Waals surface area (Å²) < 4.78 is 1.34. The first-order valence-electron chi connectivity index (χ1n) is 18.8. The normalized spacial score (nSPS) is 19.0. The minimum Gasteiger partial charge on any atom is -0.481 e. The number of amides is 5. The average Bonchev–Trinajstić information content (AvgIpc) is 3.68. The standard InChI is InChI=1S/C38H50N12O8/c1-24-12-14-26(15-13-24)20-44-58-23-33(52)41-16-6-5-11-31-37(57)46-27(10-7-17-42-38(39)40)35(55)43-21-32(51)45-29(19-34(53)54)36(56)47-28(30-22-50(31)49-48-30)18-25-8-3-2-4-9-25/h2-4,8-9,12-15,20,22,27-29,31H,5-7,10-11,16-19,21,23H2,1H3,(H,41,52)(H,43,55)(H,45,51)(H,46,57)(H,47,56)(H,53,54)(H4,39,40,42)/b44-20-/t27-,28-,29-,31-/m0/s1. The van der Waals surface area contributed by atoms with Crippen LogP contribution in [0.4, 0.5) is 0 Å². The van der Waals surface area contributed by atoms with Gasteiger partial charge in [0, 0.05) is 13.1 Å². The molecule has 2 aromatic carbocycles. The smallest absolute Gasteiger partial charge is 0.305 e. The summed E-state index contributed by atoms with van der Waals surface area (Å²) in [6.45, 7) is 1.49. The molecule has 1 aliphatic rings. The molecule has 3 aromatic rings. The molecule has 1 aromatic heterocycles. The van der Waals surface area contributed by atoms with Crippen molar-refractivity contribution in [1.29, 1.82) is 0 Å². The number of nitrogens with zero attached hydrogens (tertiary/aromatic N) is 5. The van der Waals surface area contributed by atoms with Crippen molar-refractivity contribution in [3.63, 3.8) is 0 Å². The van der Waals surface area contributed by atoms with Crippen LogP contribution >= 0.6 is 0 Å². The highest BCUT2D eigenvalue weighted by Gasteiger charge is 2.31. The van der Waals surface area contributed by atoms with Gasteiger partial charge in [0.15, 0.2) is 12.6 Å². The van der Waals surface area contributed by atoms with Gasteiger partial charge in [0.2, 0.25) is 23.6 Å². The average molecular weight is 803 g/mol. The van der Waals surface area contributed by atoms with Crippen LogP contribution in [0.15, 0.2) is 70.9 Å². The molecule has 20 nitrogen and oxygen atoms in total. The summed E-state index contributed by atoms with van der Waals surface area (Å²) in [6, 6.07) is 12.2. The van der Waals surface area contributed by atoms with Gasteiger partial charge in [-0.15, -0.1) is 5.10 Å². The summed E-state index contributed by atoms with van der Waals surface area (Å²) in [4.78, 5) is 87.0. The van der Waals surface area contributed by atoms with Crippen molar-refractivity contribution in [3.05, 3.63) is 83.2 Å². The quantitative estimate of drug-likeness (QED) is 0.0371. The Labute approximate surface area is 334 Å². The van der Waals surface area contributed by atoms with Gasteiger partial charge in [0.05, 0.1) is 31.4 Å². The summed E-state index contributed by atoms with van der Waals surface area (Å²) in [5.41, 5.74) is 13.9. The maximum Gasteiger partial charge on any atom is 0.305 e. The number of nitrogens with two attached hydrogens (primary N) is 2. The Hall–Kier alpha value is -6.86. The van der Waals surface area contributed by atoms with Crippen LogP contribution in [-0.4, -0.2) is 106 Å². The van der Waals surface area contributed by atoms with Gasteiger partial charge in [-0.1, -0.05) is 70.5 Å². The Morgan fingerprint density at radius 2 is 1.67 bits per heavy atom. The number of aromatic nitrogens is 3. The van der Waals surface area contributed by atoms with Crippen molar-refractivity contribution in [2.75, 3.05) is 26.2 Å². The summed E-state index contributed by atoms with van der Waals surface area (Å²) in [5, 5.41) is 35.1. The molecule has 0 saturated heterocycles. The van der Waals surface area contributed by atoms with Crippen molar-refractivity contribution in [2.24, 2.45) is 21.6 Å². The van der Waals surface area contributed by atoms with Gasteiger partial charge in [-0.25, -0.2) is 4.68 Å². The Kier molecular flexibility index (Phi) is 17.1. The molecular weight excluding hydrogens is 752 g/mol. The fourth-order valence-electron chi connectivity index (χ4n) is 5.89. The molecule has 310 valence electrons. The number of carbonyl (C=O) groups excluding carboxylic acids is 5. The molecule has 4 rings (SSSR count). The number of guanidine groups is 1. The molecule has 20 heteroatoms. The first-order valence-corrected chi connectivity index (χ1v) is 18.8. The van der Waals surface area contributed by atoms with Gasteiger partial charge in [-0.3, -0.25) is 33.8 Å². The summed E-state index contributed by atoms with van der Waals surface area (Å²) >= 11 is 0. The number of unbranched alkanes of at least 4 members (excludes halogenated alkanes) is 1. The van der Waals surface area contributed by atoms with Gasteiger partial charge in [-0.2, -0.15) is 0 Å². The number of benzene rings is 2. The van der Waals surface area contributed by atoms with E-state index in [2.05, 4.69) is 47.0 Å². The lowest BCUT2D eigenvalue weighted by molar-refractivity contribution is -0.141. The number of aliphatic carboxylic acids is 1. The van der Waals surface area contributed by atoms with Gasteiger partial charge in [0.1, 0.15) is 23.8 Å². The Morgan fingerprint density at radius 1 is 0.931 bits per heavy atom. The Balaban J connectivity index is 1.53.